The number of carbonyl (C=O) groups is 1. The molecule has 2 heterocycles. The molecule has 102 valence electrons. The van der Waals surface area contributed by atoms with Crippen molar-refractivity contribution in [1.29, 1.82) is 0 Å². The van der Waals surface area contributed by atoms with E-state index in [2.05, 4.69) is 33.1 Å². The van der Waals surface area contributed by atoms with Crippen LogP contribution in [0.5, 0.6) is 0 Å². The first-order valence-electron chi connectivity index (χ1n) is 6.57. The number of aryl methyl sites for hydroxylation is 1. The third-order valence-corrected chi connectivity index (χ3v) is 3.89. The minimum atomic E-state index is 0.211. The minimum absolute atomic E-state index is 0.211. The summed E-state index contributed by atoms with van der Waals surface area (Å²) in [6.45, 7) is 1.59. The first-order chi connectivity index (χ1) is 9.79. The van der Waals surface area contributed by atoms with Crippen molar-refractivity contribution in [2.24, 2.45) is 0 Å². The lowest BCUT2D eigenvalue weighted by Gasteiger charge is -2.23. The van der Waals surface area contributed by atoms with Gasteiger partial charge in [-0.25, -0.2) is 9.97 Å². The van der Waals surface area contributed by atoms with Crippen molar-refractivity contribution in [1.82, 2.24) is 9.97 Å². The Balaban J connectivity index is 2.00. The van der Waals surface area contributed by atoms with Crippen LogP contribution in [0.4, 0.5) is 5.82 Å². The third kappa shape index (κ3) is 2.39. The van der Waals surface area contributed by atoms with Crippen LogP contribution in [-0.4, -0.2) is 22.8 Å². The maximum Gasteiger partial charge on any atom is 0.156 e. The molecule has 5 heteroatoms. The fourth-order valence-corrected chi connectivity index (χ4v) is 2.77. The molecule has 0 unspecified atom stereocenters. The molecular weight excluding hydrogens is 274 g/mol. The predicted molar refractivity (Wildman–Crippen MR) is 78.2 cm³/mol. The summed E-state index contributed by atoms with van der Waals surface area (Å²) in [7, 11) is 0. The molecule has 1 aliphatic rings. The third-order valence-electron chi connectivity index (χ3n) is 3.59. The van der Waals surface area contributed by atoms with Gasteiger partial charge in [-0.1, -0.05) is 35.9 Å². The van der Waals surface area contributed by atoms with Gasteiger partial charge in [0.2, 0.25) is 0 Å². The molecule has 4 nitrogen and oxygen atoms in total. The van der Waals surface area contributed by atoms with E-state index >= 15 is 0 Å². The number of aromatic nitrogens is 2. The highest BCUT2D eigenvalue weighted by Gasteiger charge is 2.19. The molecule has 3 rings (SSSR count). The molecule has 0 aliphatic carbocycles. The van der Waals surface area contributed by atoms with Crippen LogP contribution in [0.25, 0.3) is 0 Å². The number of fused-ring (bicyclic) bond motifs is 1. The van der Waals surface area contributed by atoms with Crippen molar-refractivity contribution < 1.29 is 4.79 Å². The Morgan fingerprint density at radius 3 is 2.80 bits per heavy atom. The van der Waals surface area contributed by atoms with Gasteiger partial charge in [0.1, 0.15) is 17.3 Å². The van der Waals surface area contributed by atoms with Gasteiger partial charge in [-0.2, -0.15) is 0 Å². The molecule has 0 bridgehead atoms. The zero-order valence-electron chi connectivity index (χ0n) is 10.9. The molecule has 0 fully saturated rings. The van der Waals surface area contributed by atoms with Crippen molar-refractivity contribution in [2.45, 2.75) is 19.4 Å². The Hall–Kier alpha value is -1.94. The Bertz CT molecular complexity index is 645. The van der Waals surface area contributed by atoms with E-state index in [9.17, 15) is 4.79 Å². The number of rotatable bonds is 2. The number of halogens is 1. The standard InChI is InChI=1S/C15H14ClN3O/c16-14-13(9-20)15(18-10-17-14)19-7-3-6-11-4-1-2-5-12(11)8-19/h1-2,4-5,9-10H,3,6-8H2. The van der Waals surface area contributed by atoms with E-state index in [-0.39, 0.29) is 5.15 Å². The summed E-state index contributed by atoms with van der Waals surface area (Å²) in [6.07, 6.45) is 4.20. The van der Waals surface area contributed by atoms with Crippen LogP contribution < -0.4 is 4.90 Å². The van der Waals surface area contributed by atoms with Crippen LogP contribution in [0.1, 0.15) is 27.9 Å². The predicted octanol–water partition coefficient (Wildman–Crippen LogP) is 2.90. The van der Waals surface area contributed by atoms with Crippen LogP contribution in [0.2, 0.25) is 5.15 Å². The second-order valence-electron chi connectivity index (χ2n) is 4.81. The van der Waals surface area contributed by atoms with E-state index in [1.54, 1.807) is 0 Å². The molecule has 0 saturated carbocycles. The molecule has 20 heavy (non-hydrogen) atoms. The van der Waals surface area contributed by atoms with Crippen LogP contribution in [-0.2, 0) is 13.0 Å². The SMILES string of the molecule is O=Cc1c(Cl)ncnc1N1CCCc2ccccc2C1. The summed E-state index contributed by atoms with van der Waals surface area (Å²) in [5.74, 6) is 0.622. The van der Waals surface area contributed by atoms with Crippen molar-refractivity contribution in [2.75, 3.05) is 11.4 Å². The molecular formula is C15H14ClN3O. The smallest absolute Gasteiger partial charge is 0.156 e. The highest BCUT2D eigenvalue weighted by molar-refractivity contribution is 6.32. The Labute approximate surface area is 122 Å². The molecule has 2 aromatic rings. The summed E-state index contributed by atoms with van der Waals surface area (Å²) in [5, 5.41) is 0.211. The topological polar surface area (TPSA) is 46.1 Å². The van der Waals surface area contributed by atoms with Gasteiger partial charge in [0.05, 0.1) is 5.56 Å². The van der Waals surface area contributed by atoms with Crippen molar-refractivity contribution >= 4 is 23.7 Å². The molecule has 0 radical (unpaired) electrons. The maximum atomic E-state index is 11.2. The average molecular weight is 288 g/mol. The monoisotopic (exact) mass is 287 g/mol. The molecule has 1 aromatic carbocycles. The van der Waals surface area contributed by atoms with Crippen molar-refractivity contribution in [3.63, 3.8) is 0 Å². The number of hydrogen-bond acceptors (Lipinski definition) is 4. The van der Waals surface area contributed by atoms with Gasteiger partial charge >= 0.3 is 0 Å². The van der Waals surface area contributed by atoms with Crippen LogP contribution >= 0.6 is 11.6 Å². The number of benzene rings is 1. The van der Waals surface area contributed by atoms with E-state index in [1.807, 2.05) is 6.07 Å². The summed E-state index contributed by atoms with van der Waals surface area (Å²) in [6, 6.07) is 8.38. The maximum absolute atomic E-state index is 11.2. The number of hydrogen-bond donors (Lipinski definition) is 0. The van der Waals surface area contributed by atoms with Crippen LogP contribution in [0.3, 0.4) is 0 Å². The minimum Gasteiger partial charge on any atom is -0.352 e. The molecule has 1 aromatic heterocycles. The summed E-state index contributed by atoms with van der Waals surface area (Å²) < 4.78 is 0. The van der Waals surface area contributed by atoms with Gasteiger partial charge < -0.3 is 4.90 Å². The zero-order valence-corrected chi connectivity index (χ0v) is 11.7. The van der Waals surface area contributed by atoms with Crippen molar-refractivity contribution in [3.05, 3.63) is 52.4 Å². The highest BCUT2D eigenvalue weighted by Crippen LogP contribution is 2.26. The fraction of sp³-hybridized carbons (Fsp3) is 0.267. The Kier molecular flexibility index (Phi) is 3.65. The molecule has 0 saturated heterocycles. The molecule has 0 atom stereocenters. The van der Waals surface area contributed by atoms with E-state index in [1.165, 1.54) is 17.5 Å². The van der Waals surface area contributed by atoms with Gasteiger partial charge in [-0.05, 0) is 24.0 Å². The zero-order chi connectivity index (χ0) is 13.9. The normalized spacial score (nSPS) is 14.6. The lowest BCUT2D eigenvalue weighted by molar-refractivity contribution is 0.112. The lowest BCUT2D eigenvalue weighted by Crippen LogP contribution is -2.25. The van der Waals surface area contributed by atoms with E-state index in [4.69, 9.17) is 11.6 Å². The van der Waals surface area contributed by atoms with Gasteiger partial charge in [-0.15, -0.1) is 0 Å². The van der Waals surface area contributed by atoms with E-state index in [0.29, 0.717) is 11.4 Å². The first-order valence-corrected chi connectivity index (χ1v) is 6.95. The lowest BCUT2D eigenvalue weighted by atomic mass is 10.0. The number of carbonyl (C=O) groups excluding carboxylic acids is 1. The first kappa shape index (κ1) is 13.1. The van der Waals surface area contributed by atoms with Crippen molar-refractivity contribution in [3.8, 4) is 0 Å². The van der Waals surface area contributed by atoms with E-state index in [0.717, 1.165) is 32.2 Å². The summed E-state index contributed by atoms with van der Waals surface area (Å²) >= 11 is 5.98. The largest absolute Gasteiger partial charge is 0.352 e. The fourth-order valence-electron chi connectivity index (χ4n) is 2.60. The van der Waals surface area contributed by atoms with Gasteiger partial charge in [0, 0.05) is 13.1 Å². The Morgan fingerprint density at radius 2 is 2.00 bits per heavy atom. The average Bonchev–Trinajstić information content (AvgIpc) is 2.69. The second kappa shape index (κ2) is 5.59. The molecule has 0 amide bonds. The summed E-state index contributed by atoms with van der Waals surface area (Å²) in [4.78, 5) is 21.4. The summed E-state index contributed by atoms with van der Waals surface area (Å²) in [5.41, 5.74) is 3.01. The van der Waals surface area contributed by atoms with Crippen LogP contribution in [0.15, 0.2) is 30.6 Å². The second-order valence-corrected chi connectivity index (χ2v) is 5.17. The number of nitrogens with zero attached hydrogens (tertiary/aromatic N) is 3. The van der Waals surface area contributed by atoms with Gasteiger partial charge in [0.15, 0.2) is 6.29 Å². The number of anilines is 1. The van der Waals surface area contributed by atoms with Gasteiger partial charge in [-0.3, -0.25) is 4.79 Å². The molecule has 0 spiro atoms. The Morgan fingerprint density at radius 1 is 1.20 bits per heavy atom. The molecule has 0 N–H and O–H groups in total. The number of aldehydes is 1. The molecule has 1 aliphatic heterocycles. The van der Waals surface area contributed by atoms with Gasteiger partial charge in [0.25, 0.3) is 0 Å². The van der Waals surface area contributed by atoms with E-state index < -0.39 is 0 Å². The van der Waals surface area contributed by atoms with Crippen LogP contribution in [0, 0.1) is 0 Å². The quantitative estimate of drug-likeness (QED) is 0.629. The highest BCUT2D eigenvalue weighted by atomic mass is 35.5.